The van der Waals surface area contributed by atoms with Crippen LogP contribution in [0.3, 0.4) is 0 Å². The fourth-order valence-corrected chi connectivity index (χ4v) is 1.47. The van der Waals surface area contributed by atoms with E-state index in [9.17, 15) is 25.1 Å². The van der Waals surface area contributed by atoms with Gasteiger partial charge in [-0.2, -0.15) is 0 Å². The minimum absolute atomic E-state index is 0.0289. The summed E-state index contributed by atoms with van der Waals surface area (Å²) in [4.78, 5) is 23.1. The second-order valence-electron chi connectivity index (χ2n) is 3.61. The van der Waals surface area contributed by atoms with Crippen molar-refractivity contribution < 1.29 is 19.9 Å². The molecular weight excluding hydrogens is 256 g/mol. The van der Waals surface area contributed by atoms with Gasteiger partial charge in [0.05, 0.1) is 17.6 Å². The van der Waals surface area contributed by atoms with Crippen LogP contribution in [0.15, 0.2) is 23.3 Å². The van der Waals surface area contributed by atoms with Crippen molar-refractivity contribution in [2.24, 2.45) is 5.11 Å². The second-order valence-corrected chi connectivity index (χ2v) is 3.61. The predicted molar refractivity (Wildman–Crippen MR) is 63.5 cm³/mol. The molecule has 0 aliphatic carbocycles. The fraction of sp³-hybridized carbons (Fsp3) is 0.300. The number of aldehydes is 1. The molecule has 1 aromatic rings. The highest BCUT2D eigenvalue weighted by atomic mass is 16.6. The molecule has 0 fully saturated rings. The quantitative estimate of drug-likeness (QED) is 0.197. The van der Waals surface area contributed by atoms with Crippen LogP contribution in [0.4, 0.5) is 5.69 Å². The number of azide groups is 1. The zero-order valence-corrected chi connectivity index (χ0v) is 9.58. The van der Waals surface area contributed by atoms with E-state index in [1.807, 2.05) is 0 Å². The molecule has 19 heavy (non-hydrogen) atoms. The van der Waals surface area contributed by atoms with E-state index in [1.165, 1.54) is 6.07 Å². The van der Waals surface area contributed by atoms with Gasteiger partial charge in [-0.25, -0.2) is 0 Å². The Kier molecular flexibility index (Phi) is 4.95. The number of carbonyl (C=O) groups excluding carboxylic acids is 1. The van der Waals surface area contributed by atoms with Gasteiger partial charge in [-0.1, -0.05) is 5.11 Å². The first-order chi connectivity index (χ1) is 9.01. The van der Waals surface area contributed by atoms with Gasteiger partial charge in [-0.15, -0.1) is 0 Å². The smallest absolute Gasteiger partial charge is 0.270 e. The summed E-state index contributed by atoms with van der Waals surface area (Å²) in [5.41, 5.74) is 7.72. The third kappa shape index (κ3) is 3.49. The molecule has 0 saturated carbocycles. The lowest BCUT2D eigenvalue weighted by molar-refractivity contribution is -0.384. The molecule has 100 valence electrons. The van der Waals surface area contributed by atoms with Crippen molar-refractivity contribution >= 4 is 12.0 Å². The van der Waals surface area contributed by atoms with Crippen molar-refractivity contribution in [3.8, 4) is 0 Å². The van der Waals surface area contributed by atoms with Gasteiger partial charge in [0.25, 0.3) is 5.69 Å². The Morgan fingerprint density at radius 1 is 1.53 bits per heavy atom. The van der Waals surface area contributed by atoms with Crippen molar-refractivity contribution in [3.05, 3.63) is 49.9 Å². The minimum atomic E-state index is -1.48. The van der Waals surface area contributed by atoms with Gasteiger partial charge in [-0.3, -0.25) is 14.9 Å². The molecule has 0 amide bonds. The third-order valence-corrected chi connectivity index (χ3v) is 2.42. The molecule has 9 nitrogen and oxygen atoms in total. The van der Waals surface area contributed by atoms with Crippen LogP contribution in [-0.4, -0.2) is 34.1 Å². The number of rotatable bonds is 6. The number of aliphatic hydroxyl groups excluding tert-OH is 2. The summed E-state index contributed by atoms with van der Waals surface area (Å²) >= 11 is 0. The van der Waals surface area contributed by atoms with Gasteiger partial charge in [0.2, 0.25) is 0 Å². The first kappa shape index (κ1) is 14.6. The molecule has 0 aliphatic rings. The Bertz CT molecular complexity index is 541. The zero-order valence-electron chi connectivity index (χ0n) is 9.58. The maximum atomic E-state index is 10.8. The maximum absolute atomic E-state index is 10.8. The standard InChI is InChI=1S/C10H10N4O5/c11-13-12-4-9(16)10(17)8-2-1-7(14(18)19)3-6(8)5-15/h1-3,5,9-10,16-17H,4H2. The first-order valence-corrected chi connectivity index (χ1v) is 5.11. The topological polar surface area (TPSA) is 149 Å². The maximum Gasteiger partial charge on any atom is 0.270 e. The Morgan fingerprint density at radius 2 is 2.21 bits per heavy atom. The number of carbonyl (C=O) groups is 1. The number of non-ortho nitro benzene ring substituents is 1. The molecule has 2 N–H and O–H groups in total. The molecule has 0 aliphatic heterocycles. The van der Waals surface area contributed by atoms with Crippen LogP contribution in [0.5, 0.6) is 0 Å². The largest absolute Gasteiger partial charge is 0.390 e. The lowest BCUT2D eigenvalue weighted by Gasteiger charge is -2.17. The first-order valence-electron chi connectivity index (χ1n) is 5.11. The number of nitro groups is 1. The molecule has 1 aromatic carbocycles. The highest BCUT2D eigenvalue weighted by Crippen LogP contribution is 2.24. The SMILES string of the molecule is [N-]=[N+]=NCC(O)C(O)c1ccc([N+](=O)[O-])cc1C=O. The van der Waals surface area contributed by atoms with E-state index >= 15 is 0 Å². The molecule has 0 radical (unpaired) electrons. The van der Waals surface area contributed by atoms with Crippen LogP contribution in [0.1, 0.15) is 22.0 Å². The molecule has 1 rings (SSSR count). The van der Waals surface area contributed by atoms with Crippen molar-refractivity contribution in [3.63, 3.8) is 0 Å². The summed E-state index contributed by atoms with van der Waals surface area (Å²) in [5.74, 6) is 0. The molecule has 2 unspecified atom stereocenters. The van der Waals surface area contributed by atoms with Crippen molar-refractivity contribution in [1.82, 2.24) is 0 Å². The lowest BCUT2D eigenvalue weighted by atomic mass is 9.98. The predicted octanol–water partition coefficient (Wildman–Crippen LogP) is 1.11. The van der Waals surface area contributed by atoms with E-state index in [1.54, 1.807) is 0 Å². The molecule has 0 spiro atoms. The number of nitrogens with zero attached hydrogens (tertiary/aromatic N) is 4. The molecule has 0 heterocycles. The second kappa shape index (κ2) is 6.45. The third-order valence-electron chi connectivity index (χ3n) is 2.42. The van der Waals surface area contributed by atoms with Crippen LogP contribution in [0, 0.1) is 10.1 Å². The van der Waals surface area contributed by atoms with Crippen LogP contribution >= 0.6 is 0 Å². The lowest BCUT2D eigenvalue weighted by Crippen LogP contribution is -2.22. The number of benzene rings is 1. The van der Waals surface area contributed by atoms with E-state index in [-0.39, 0.29) is 23.4 Å². The average molecular weight is 266 g/mol. The Hall–Kier alpha value is -2.48. The summed E-state index contributed by atoms with van der Waals surface area (Å²) in [6, 6.07) is 3.27. The van der Waals surface area contributed by atoms with Gasteiger partial charge in [-0.05, 0) is 17.2 Å². The van der Waals surface area contributed by atoms with Gasteiger partial charge in [0.1, 0.15) is 6.10 Å². The number of nitro benzene ring substituents is 1. The van der Waals surface area contributed by atoms with E-state index < -0.39 is 17.1 Å². The summed E-state index contributed by atoms with van der Waals surface area (Å²) in [5, 5.41) is 33.0. The summed E-state index contributed by atoms with van der Waals surface area (Å²) < 4.78 is 0. The Balaban J connectivity index is 3.08. The highest BCUT2D eigenvalue weighted by molar-refractivity contribution is 5.79. The van der Waals surface area contributed by atoms with E-state index in [4.69, 9.17) is 5.53 Å². The van der Waals surface area contributed by atoms with Crippen molar-refractivity contribution in [1.29, 1.82) is 0 Å². The van der Waals surface area contributed by atoms with E-state index in [0.717, 1.165) is 12.1 Å². The van der Waals surface area contributed by atoms with Gasteiger partial charge in [0.15, 0.2) is 6.29 Å². The number of hydrogen-bond acceptors (Lipinski definition) is 6. The number of hydrogen-bond donors (Lipinski definition) is 2. The average Bonchev–Trinajstić information content (AvgIpc) is 2.42. The zero-order chi connectivity index (χ0) is 14.4. The molecule has 0 saturated heterocycles. The highest BCUT2D eigenvalue weighted by Gasteiger charge is 2.22. The Morgan fingerprint density at radius 3 is 2.74 bits per heavy atom. The fourth-order valence-electron chi connectivity index (χ4n) is 1.47. The molecule has 9 heteroatoms. The van der Waals surface area contributed by atoms with Crippen LogP contribution in [-0.2, 0) is 0 Å². The van der Waals surface area contributed by atoms with Crippen LogP contribution in [0.25, 0.3) is 10.4 Å². The van der Waals surface area contributed by atoms with Crippen LogP contribution in [0.2, 0.25) is 0 Å². The van der Waals surface area contributed by atoms with E-state index in [0.29, 0.717) is 6.29 Å². The molecule has 0 aromatic heterocycles. The van der Waals surface area contributed by atoms with Crippen molar-refractivity contribution in [2.75, 3.05) is 6.54 Å². The monoisotopic (exact) mass is 266 g/mol. The van der Waals surface area contributed by atoms with Gasteiger partial charge in [0, 0.05) is 22.6 Å². The summed E-state index contributed by atoms with van der Waals surface area (Å²) in [6.07, 6.45) is -2.55. The van der Waals surface area contributed by atoms with Gasteiger partial charge >= 0.3 is 0 Å². The molecule has 2 atom stereocenters. The van der Waals surface area contributed by atoms with Crippen LogP contribution < -0.4 is 0 Å². The minimum Gasteiger partial charge on any atom is -0.390 e. The van der Waals surface area contributed by atoms with Gasteiger partial charge < -0.3 is 10.2 Å². The Labute approximate surface area is 106 Å². The molecule has 0 bridgehead atoms. The number of aliphatic hydroxyl groups is 2. The summed E-state index contributed by atoms with van der Waals surface area (Å²) in [6.45, 7) is -0.382. The normalized spacial score (nSPS) is 13.2. The molecular formula is C10H10N4O5. The van der Waals surface area contributed by atoms with E-state index in [2.05, 4.69) is 10.0 Å². The van der Waals surface area contributed by atoms with Crippen molar-refractivity contribution in [2.45, 2.75) is 12.2 Å². The summed E-state index contributed by atoms with van der Waals surface area (Å²) in [7, 11) is 0.